The molecule has 7 nitrogen and oxygen atoms in total. The van der Waals surface area contributed by atoms with Crippen molar-refractivity contribution in [2.75, 3.05) is 5.32 Å². The molecule has 0 fully saturated rings. The highest BCUT2D eigenvalue weighted by molar-refractivity contribution is 6.40. The first kappa shape index (κ1) is 26.1. The third-order valence-electron chi connectivity index (χ3n) is 5.24. The number of nitrogens with zero attached hydrogens (tertiary/aromatic N) is 2. The summed E-state index contributed by atoms with van der Waals surface area (Å²) in [4.78, 5) is 27.5. The van der Waals surface area contributed by atoms with Gasteiger partial charge in [0.05, 0.1) is 22.5 Å². The molecule has 0 unspecified atom stereocenters. The third-order valence-corrected chi connectivity index (χ3v) is 5.55. The molecule has 0 spiro atoms. The van der Waals surface area contributed by atoms with Crippen LogP contribution in [0, 0.1) is 0 Å². The molecule has 3 N–H and O–H groups in total. The number of alkyl halides is 6. The van der Waals surface area contributed by atoms with Crippen LogP contribution in [0.15, 0.2) is 55.0 Å². The van der Waals surface area contributed by atoms with Crippen molar-refractivity contribution in [3.63, 3.8) is 0 Å². The van der Waals surface area contributed by atoms with Crippen LogP contribution in [0.5, 0.6) is 0 Å². The maximum absolute atomic E-state index is 12.8. The van der Waals surface area contributed by atoms with E-state index in [-0.39, 0.29) is 17.8 Å². The standard InChI is InChI=1S/C23H16ClF6N5O2/c24-17-5-12(1-3-16(17)23(28,29)30)7-32-20(36)21(37)34-19-9-31-18-4-2-13(6-15(18)19)14-8-33-35(10-14)11-22(25,26)27/h1-6,8-10,31H,7,11H2,(H,32,36)(H,34,37). The van der Waals surface area contributed by atoms with E-state index in [1.54, 1.807) is 18.2 Å². The molecular formula is C23H16ClF6N5O2. The quantitative estimate of drug-likeness (QED) is 0.229. The molecular weight excluding hydrogens is 528 g/mol. The number of H-pyrrole nitrogens is 1. The van der Waals surface area contributed by atoms with Gasteiger partial charge >= 0.3 is 24.2 Å². The SMILES string of the molecule is O=C(NCc1ccc(C(F)(F)F)c(Cl)c1)C(=O)Nc1c[nH]c2ccc(-c3cnn(CC(F)(F)F)c3)cc12. The zero-order chi connectivity index (χ0) is 27.0. The molecule has 2 heterocycles. The highest BCUT2D eigenvalue weighted by Gasteiger charge is 2.33. The minimum Gasteiger partial charge on any atom is -0.359 e. The Kier molecular flexibility index (Phi) is 6.91. The van der Waals surface area contributed by atoms with Gasteiger partial charge in [-0.25, -0.2) is 0 Å². The molecule has 0 aliphatic carbocycles. The predicted molar refractivity (Wildman–Crippen MR) is 123 cm³/mol. The second-order valence-corrected chi connectivity index (χ2v) is 8.36. The first-order valence-corrected chi connectivity index (χ1v) is 10.8. The van der Waals surface area contributed by atoms with E-state index in [2.05, 4.69) is 20.7 Å². The van der Waals surface area contributed by atoms with Crippen LogP contribution in [-0.4, -0.2) is 32.8 Å². The lowest BCUT2D eigenvalue weighted by atomic mass is 10.1. The van der Waals surface area contributed by atoms with Gasteiger partial charge in [0.25, 0.3) is 0 Å². The van der Waals surface area contributed by atoms with Gasteiger partial charge < -0.3 is 15.6 Å². The number of hydrogen-bond donors (Lipinski definition) is 3. The normalized spacial score (nSPS) is 12.1. The van der Waals surface area contributed by atoms with Gasteiger partial charge in [-0.1, -0.05) is 23.7 Å². The topological polar surface area (TPSA) is 91.8 Å². The Morgan fingerprint density at radius 3 is 2.43 bits per heavy atom. The molecule has 0 saturated heterocycles. The Balaban J connectivity index is 1.43. The molecule has 0 atom stereocenters. The molecule has 0 aliphatic rings. The third kappa shape index (κ3) is 6.23. The Morgan fingerprint density at radius 2 is 1.76 bits per heavy atom. The minimum atomic E-state index is -4.62. The fourth-order valence-electron chi connectivity index (χ4n) is 3.53. The number of carbonyl (C=O) groups is 2. The number of carbonyl (C=O) groups excluding carboxylic acids is 2. The number of hydrogen-bond acceptors (Lipinski definition) is 3. The van der Waals surface area contributed by atoms with Crippen LogP contribution in [-0.2, 0) is 28.9 Å². The average molecular weight is 544 g/mol. The number of nitrogens with one attached hydrogen (secondary N) is 3. The molecule has 37 heavy (non-hydrogen) atoms. The molecule has 0 saturated carbocycles. The van der Waals surface area contributed by atoms with Crippen molar-refractivity contribution in [2.45, 2.75) is 25.4 Å². The summed E-state index contributed by atoms with van der Waals surface area (Å²) in [5.41, 5.74) is 0.992. The molecule has 194 valence electrons. The van der Waals surface area contributed by atoms with Gasteiger partial charge in [0.2, 0.25) is 0 Å². The van der Waals surface area contributed by atoms with Crippen molar-refractivity contribution in [1.29, 1.82) is 0 Å². The van der Waals surface area contributed by atoms with E-state index in [0.717, 1.165) is 22.9 Å². The number of aromatic amines is 1. The number of benzene rings is 2. The minimum absolute atomic E-state index is 0.234. The highest BCUT2D eigenvalue weighted by Crippen LogP contribution is 2.35. The summed E-state index contributed by atoms with van der Waals surface area (Å²) in [6.45, 7) is -1.49. The fraction of sp³-hybridized carbons (Fsp3) is 0.174. The summed E-state index contributed by atoms with van der Waals surface area (Å²) < 4.78 is 77.0. The zero-order valence-corrected chi connectivity index (χ0v) is 19.2. The van der Waals surface area contributed by atoms with Crippen LogP contribution in [0.2, 0.25) is 5.02 Å². The number of halogens is 7. The summed E-state index contributed by atoms with van der Waals surface area (Å²) in [7, 11) is 0. The first-order chi connectivity index (χ1) is 17.3. The summed E-state index contributed by atoms with van der Waals surface area (Å²) in [5, 5.41) is 8.38. The predicted octanol–water partition coefficient (Wildman–Crippen LogP) is 5.52. The smallest absolute Gasteiger partial charge is 0.359 e. The lowest BCUT2D eigenvalue weighted by Crippen LogP contribution is -2.34. The van der Waals surface area contributed by atoms with Gasteiger partial charge in [0, 0.05) is 35.4 Å². The highest BCUT2D eigenvalue weighted by atomic mass is 35.5. The molecule has 0 aliphatic heterocycles. The molecule has 2 aromatic carbocycles. The van der Waals surface area contributed by atoms with Crippen LogP contribution in [0.3, 0.4) is 0 Å². The van der Waals surface area contributed by atoms with Crippen molar-refractivity contribution in [1.82, 2.24) is 20.1 Å². The Hall–Kier alpha value is -4.00. The van der Waals surface area contributed by atoms with E-state index in [1.165, 1.54) is 18.6 Å². The first-order valence-electron chi connectivity index (χ1n) is 10.5. The molecule has 4 rings (SSSR count). The molecule has 0 radical (unpaired) electrons. The summed E-state index contributed by atoms with van der Waals surface area (Å²) in [6, 6.07) is 7.86. The van der Waals surface area contributed by atoms with Crippen LogP contribution < -0.4 is 10.6 Å². The van der Waals surface area contributed by atoms with Crippen molar-refractivity contribution < 1.29 is 35.9 Å². The van der Waals surface area contributed by atoms with Crippen molar-refractivity contribution in [2.24, 2.45) is 0 Å². The summed E-state index contributed by atoms with van der Waals surface area (Å²) in [6.07, 6.45) is -5.10. The second kappa shape index (κ2) is 9.81. The summed E-state index contributed by atoms with van der Waals surface area (Å²) >= 11 is 5.66. The monoisotopic (exact) mass is 543 g/mol. The van der Waals surface area contributed by atoms with Gasteiger partial charge in [-0.3, -0.25) is 14.3 Å². The largest absolute Gasteiger partial charge is 0.417 e. The number of fused-ring (bicyclic) bond motifs is 1. The maximum atomic E-state index is 12.8. The molecule has 2 amide bonds. The van der Waals surface area contributed by atoms with Crippen molar-refractivity contribution in [3.8, 4) is 11.1 Å². The molecule has 2 aromatic heterocycles. The van der Waals surface area contributed by atoms with Crippen LogP contribution in [0.25, 0.3) is 22.0 Å². The molecule has 14 heteroatoms. The zero-order valence-electron chi connectivity index (χ0n) is 18.5. The lowest BCUT2D eigenvalue weighted by Gasteiger charge is -2.11. The van der Waals surface area contributed by atoms with Gasteiger partial charge in [0.15, 0.2) is 0 Å². The molecule has 4 aromatic rings. The van der Waals surface area contributed by atoms with Gasteiger partial charge in [-0.05, 0) is 35.4 Å². The number of rotatable bonds is 5. The van der Waals surface area contributed by atoms with Crippen molar-refractivity contribution in [3.05, 3.63) is 71.1 Å². The Morgan fingerprint density at radius 1 is 1.00 bits per heavy atom. The van der Waals surface area contributed by atoms with E-state index in [0.29, 0.717) is 22.0 Å². The van der Waals surface area contributed by atoms with E-state index < -0.39 is 41.3 Å². The maximum Gasteiger partial charge on any atom is 0.417 e. The van der Waals surface area contributed by atoms with E-state index in [4.69, 9.17) is 11.6 Å². The fourth-order valence-corrected chi connectivity index (χ4v) is 3.84. The van der Waals surface area contributed by atoms with Gasteiger partial charge in [0.1, 0.15) is 6.54 Å². The Bertz CT molecular complexity index is 1470. The van der Waals surface area contributed by atoms with E-state index in [1.807, 2.05) is 0 Å². The Labute approximate surface area is 209 Å². The van der Waals surface area contributed by atoms with Gasteiger partial charge in [-0.2, -0.15) is 31.4 Å². The van der Waals surface area contributed by atoms with Crippen LogP contribution in [0.4, 0.5) is 32.0 Å². The van der Waals surface area contributed by atoms with Gasteiger partial charge in [-0.15, -0.1) is 0 Å². The number of amides is 2. The van der Waals surface area contributed by atoms with E-state index in [9.17, 15) is 35.9 Å². The van der Waals surface area contributed by atoms with E-state index >= 15 is 0 Å². The number of anilines is 1. The van der Waals surface area contributed by atoms with Crippen LogP contribution in [0.1, 0.15) is 11.1 Å². The second-order valence-electron chi connectivity index (χ2n) is 7.95. The number of aromatic nitrogens is 3. The van der Waals surface area contributed by atoms with Crippen molar-refractivity contribution >= 4 is 40.0 Å². The van der Waals surface area contributed by atoms with Crippen LogP contribution >= 0.6 is 11.6 Å². The average Bonchev–Trinajstić information content (AvgIpc) is 3.42. The lowest BCUT2D eigenvalue weighted by molar-refractivity contribution is -0.142. The molecule has 0 bridgehead atoms. The summed E-state index contributed by atoms with van der Waals surface area (Å²) in [5.74, 6) is -2.09.